The van der Waals surface area contributed by atoms with Crippen LogP contribution in [0.3, 0.4) is 0 Å². The maximum Gasteiger partial charge on any atom is 0.407 e. The van der Waals surface area contributed by atoms with Gasteiger partial charge in [-0.05, 0) is 26.3 Å². The van der Waals surface area contributed by atoms with Crippen molar-refractivity contribution in [1.29, 1.82) is 0 Å². The normalized spacial score (nSPS) is 11.4. The number of nitrogens with one attached hydrogen (secondary N) is 2. The summed E-state index contributed by atoms with van der Waals surface area (Å²) < 4.78 is 59.2. The van der Waals surface area contributed by atoms with Crippen LogP contribution in [0.4, 0.5) is 9.59 Å². The van der Waals surface area contributed by atoms with E-state index in [1.54, 1.807) is 0 Å². The fraction of sp³-hybridized carbons (Fsp3) is 0.758. The number of alkyl carbamates (subject to hydrolysis) is 2. The molecule has 0 aromatic heterocycles. The Bertz CT molecular complexity index is 875. The van der Waals surface area contributed by atoms with E-state index in [4.69, 9.17) is 52.1 Å². The topological polar surface area (TPSA) is 160 Å². The van der Waals surface area contributed by atoms with Gasteiger partial charge in [0.25, 0.3) is 0 Å². The molecule has 278 valence electrons. The van der Waals surface area contributed by atoms with Crippen LogP contribution in [-0.2, 0) is 58.7 Å². The maximum absolute atomic E-state index is 11.6. The smallest absolute Gasteiger partial charge is 0.407 e. The molecule has 0 radical (unpaired) electrons. The van der Waals surface area contributed by atoms with E-state index in [-0.39, 0.29) is 6.61 Å². The van der Waals surface area contributed by atoms with Crippen LogP contribution in [0.2, 0.25) is 0 Å². The van der Waals surface area contributed by atoms with E-state index in [1.807, 2.05) is 51.1 Å². The largest absolute Gasteiger partial charge is 0.445 e. The molecule has 2 amide bonds. The number of amides is 2. The molecule has 0 atom stereocenters. The minimum absolute atomic E-state index is 0.234. The highest BCUT2D eigenvalue weighted by molar-refractivity contribution is 5.67. The predicted octanol–water partition coefficient (Wildman–Crippen LogP) is 2.59. The first-order chi connectivity index (χ1) is 23.4. The van der Waals surface area contributed by atoms with Crippen LogP contribution in [0.1, 0.15) is 26.3 Å². The van der Waals surface area contributed by atoms with Gasteiger partial charge in [0.2, 0.25) is 0 Å². The zero-order valence-corrected chi connectivity index (χ0v) is 29.0. The molecule has 0 saturated heterocycles. The van der Waals surface area contributed by atoms with Crippen LogP contribution >= 0.6 is 0 Å². The fourth-order valence-electron chi connectivity index (χ4n) is 3.40. The third-order valence-corrected chi connectivity index (χ3v) is 5.62. The second-order valence-electron chi connectivity index (χ2n) is 10.9. The van der Waals surface area contributed by atoms with Gasteiger partial charge in [-0.1, -0.05) is 30.3 Å². The van der Waals surface area contributed by atoms with Crippen molar-refractivity contribution in [2.45, 2.75) is 33.0 Å². The van der Waals surface area contributed by atoms with Crippen LogP contribution < -0.4 is 10.6 Å². The van der Waals surface area contributed by atoms with Gasteiger partial charge < -0.3 is 62.7 Å². The lowest BCUT2D eigenvalue weighted by Gasteiger charge is -2.19. The first kappa shape index (κ1) is 43.4. The van der Waals surface area contributed by atoms with Crippen molar-refractivity contribution in [1.82, 2.24) is 10.6 Å². The van der Waals surface area contributed by atoms with E-state index in [0.717, 1.165) is 5.56 Å². The summed E-state index contributed by atoms with van der Waals surface area (Å²) in [5, 5.41) is 5.26. The molecule has 0 saturated carbocycles. The maximum atomic E-state index is 11.6. The molecule has 15 heteroatoms. The van der Waals surface area contributed by atoms with E-state index in [2.05, 4.69) is 10.6 Å². The molecule has 0 bridgehead atoms. The molecule has 1 aromatic carbocycles. The third-order valence-electron chi connectivity index (χ3n) is 5.62. The van der Waals surface area contributed by atoms with E-state index in [9.17, 15) is 9.59 Å². The Morgan fingerprint density at radius 3 is 1.12 bits per heavy atom. The summed E-state index contributed by atoms with van der Waals surface area (Å²) in [4.78, 5) is 23.1. The van der Waals surface area contributed by atoms with Crippen LogP contribution in [0.15, 0.2) is 30.3 Å². The Morgan fingerprint density at radius 2 is 0.792 bits per heavy atom. The minimum Gasteiger partial charge on any atom is -0.445 e. The summed E-state index contributed by atoms with van der Waals surface area (Å²) in [6.45, 7) is 14.6. The van der Waals surface area contributed by atoms with Gasteiger partial charge in [0.15, 0.2) is 0 Å². The Morgan fingerprint density at radius 1 is 0.479 bits per heavy atom. The first-order valence-corrected chi connectivity index (χ1v) is 16.5. The van der Waals surface area contributed by atoms with Gasteiger partial charge in [0.05, 0.1) is 119 Å². The van der Waals surface area contributed by atoms with Gasteiger partial charge in [0, 0.05) is 13.1 Å². The second-order valence-corrected chi connectivity index (χ2v) is 10.9. The summed E-state index contributed by atoms with van der Waals surface area (Å²) in [5.74, 6) is 0. The quantitative estimate of drug-likeness (QED) is 0.106. The lowest BCUT2D eigenvalue weighted by atomic mass is 10.2. The molecule has 0 aliphatic heterocycles. The molecule has 0 aliphatic rings. The Hall–Kier alpha value is -2.60. The highest BCUT2D eigenvalue weighted by atomic mass is 16.6. The lowest BCUT2D eigenvalue weighted by Crippen LogP contribution is -2.34. The summed E-state index contributed by atoms with van der Waals surface area (Å²) in [5.41, 5.74) is 0.419. The number of benzene rings is 1. The van der Waals surface area contributed by atoms with Gasteiger partial charge in [0.1, 0.15) is 12.2 Å². The van der Waals surface area contributed by atoms with Crippen LogP contribution in [-0.4, -0.2) is 150 Å². The number of ether oxygens (including phenoxy) is 11. The number of carbonyl (C=O) groups is 2. The van der Waals surface area contributed by atoms with Crippen molar-refractivity contribution in [2.24, 2.45) is 0 Å². The van der Waals surface area contributed by atoms with Crippen molar-refractivity contribution >= 4 is 12.2 Å². The van der Waals surface area contributed by atoms with Gasteiger partial charge in [-0.15, -0.1) is 0 Å². The summed E-state index contributed by atoms with van der Waals surface area (Å²) >= 11 is 0. The third kappa shape index (κ3) is 32.0. The van der Waals surface area contributed by atoms with E-state index in [1.165, 1.54) is 0 Å². The SMILES string of the molecule is CC(C)(C)OC(=O)NCCOCCOCCOCCOCCOCCOCCOCCOCCOCCNC(=O)OCc1ccccc1. The zero-order valence-electron chi connectivity index (χ0n) is 29.0. The van der Waals surface area contributed by atoms with Crippen molar-refractivity contribution in [3.8, 4) is 0 Å². The molecule has 1 rings (SSSR count). The van der Waals surface area contributed by atoms with Crippen LogP contribution in [0.5, 0.6) is 0 Å². The number of hydrogen-bond donors (Lipinski definition) is 2. The second kappa shape index (κ2) is 31.7. The fourth-order valence-corrected chi connectivity index (χ4v) is 3.40. The first-order valence-electron chi connectivity index (χ1n) is 16.5. The Kier molecular flexibility index (Phi) is 28.6. The van der Waals surface area contributed by atoms with Crippen LogP contribution in [0.25, 0.3) is 0 Å². The van der Waals surface area contributed by atoms with Crippen LogP contribution in [0, 0.1) is 0 Å². The summed E-state index contributed by atoms with van der Waals surface area (Å²) in [7, 11) is 0. The standard InChI is InChI=1S/C33H58N2O13/c1-33(2,3)48-32(37)35-10-12-39-14-16-41-18-20-43-22-24-45-26-28-46-27-25-44-23-21-42-19-17-40-15-13-38-11-9-34-31(36)47-29-30-7-5-4-6-8-30/h4-8H,9-29H2,1-3H3,(H,34,36)(H,35,37). The van der Waals surface area contributed by atoms with Crippen molar-refractivity contribution in [3.63, 3.8) is 0 Å². The average molecular weight is 691 g/mol. The monoisotopic (exact) mass is 690 g/mol. The number of hydrogen-bond acceptors (Lipinski definition) is 13. The number of carbonyl (C=O) groups excluding carboxylic acids is 2. The van der Waals surface area contributed by atoms with Crippen molar-refractivity contribution in [3.05, 3.63) is 35.9 Å². The van der Waals surface area contributed by atoms with Gasteiger partial charge in [-0.25, -0.2) is 9.59 Å². The molecule has 0 unspecified atom stereocenters. The van der Waals surface area contributed by atoms with Gasteiger partial charge in [-0.2, -0.15) is 0 Å². The number of rotatable bonds is 32. The molecule has 0 aliphatic carbocycles. The van der Waals surface area contributed by atoms with Crippen molar-refractivity contribution < 1.29 is 61.7 Å². The minimum atomic E-state index is -0.515. The van der Waals surface area contributed by atoms with Gasteiger partial charge in [-0.3, -0.25) is 0 Å². The van der Waals surface area contributed by atoms with E-state index >= 15 is 0 Å². The summed E-state index contributed by atoms with van der Waals surface area (Å²) in [6.07, 6.45) is -0.929. The van der Waals surface area contributed by atoms with E-state index in [0.29, 0.717) is 132 Å². The average Bonchev–Trinajstić information content (AvgIpc) is 3.06. The molecular formula is C33H58N2O13. The highest BCUT2D eigenvalue weighted by Crippen LogP contribution is 2.06. The summed E-state index contributed by atoms with van der Waals surface area (Å²) in [6, 6.07) is 9.49. The molecular weight excluding hydrogens is 632 g/mol. The Labute approximate surface area is 285 Å². The molecule has 48 heavy (non-hydrogen) atoms. The zero-order chi connectivity index (χ0) is 34.8. The predicted molar refractivity (Wildman–Crippen MR) is 176 cm³/mol. The van der Waals surface area contributed by atoms with Gasteiger partial charge >= 0.3 is 12.2 Å². The molecule has 0 heterocycles. The van der Waals surface area contributed by atoms with Crippen molar-refractivity contribution in [2.75, 3.05) is 132 Å². The Balaban J connectivity index is 1.66. The van der Waals surface area contributed by atoms with E-state index < -0.39 is 17.8 Å². The molecule has 1 aromatic rings. The molecule has 15 nitrogen and oxygen atoms in total. The molecule has 0 fully saturated rings. The molecule has 0 spiro atoms. The highest BCUT2D eigenvalue weighted by Gasteiger charge is 2.15. The lowest BCUT2D eigenvalue weighted by molar-refractivity contribution is -0.0249. The molecule has 2 N–H and O–H groups in total.